The van der Waals surface area contributed by atoms with E-state index in [4.69, 9.17) is 16.4 Å². The molecule has 0 aromatic rings. The van der Waals surface area contributed by atoms with E-state index < -0.39 is 58.8 Å². The van der Waals surface area contributed by atoms with Gasteiger partial charge in [0.25, 0.3) is 0 Å². The number of piperazine rings is 3. The zero-order valence-corrected chi connectivity index (χ0v) is 47.5. The summed E-state index contributed by atoms with van der Waals surface area (Å²) in [4.78, 5) is 29.2. The molecule has 0 atom stereocenters. The monoisotopic (exact) mass is 1170 g/mol. The molecule has 9 aliphatic rings. The number of alkyl halides is 6. The Morgan fingerprint density at radius 3 is 1.08 bits per heavy atom. The van der Waals surface area contributed by atoms with Crippen LogP contribution in [0, 0.1) is 17.8 Å². The van der Waals surface area contributed by atoms with Crippen molar-refractivity contribution >= 4 is 51.6 Å². The number of nitrogens with zero attached hydrogens (tertiary/aromatic N) is 5. The second-order valence-corrected chi connectivity index (χ2v) is 29.9. The summed E-state index contributed by atoms with van der Waals surface area (Å²) in [5.74, 6) is -1.88. The van der Waals surface area contributed by atoms with E-state index in [1.54, 1.807) is 4.31 Å². The van der Waals surface area contributed by atoms with Gasteiger partial charge in [0.05, 0.1) is 17.3 Å². The number of sulfonamides is 2. The van der Waals surface area contributed by atoms with Gasteiger partial charge >= 0.3 is 24.2 Å². The SMILES string of the molecule is NCC1(N2CCN(S(=O)(=O)CC3CC3)CC2)CCCCC1.O=C(NCC1(N2CCN(S(=O)(=O)CC3CC3)CC2)CCCCC1)C(F)(F)F.O=C(NCC1(N2CCNCC2)CCCCC1)C(F)(F)F.O=S(=O)(Cl)CC1CC1. The molecule has 0 unspecified atom stereocenters. The van der Waals surface area contributed by atoms with E-state index in [-0.39, 0.29) is 41.6 Å². The van der Waals surface area contributed by atoms with Gasteiger partial charge in [-0.2, -0.15) is 35.0 Å². The molecule has 9 fully saturated rings. The highest BCUT2D eigenvalue weighted by molar-refractivity contribution is 8.13. The van der Waals surface area contributed by atoms with Gasteiger partial charge in [0.1, 0.15) is 0 Å². The number of hydrogen-bond donors (Lipinski definition) is 4. The first-order chi connectivity index (χ1) is 35.7. The van der Waals surface area contributed by atoms with Gasteiger partial charge in [0, 0.05) is 125 Å². The molecular weight excluding hydrogens is 1090 g/mol. The Bertz CT molecular complexity index is 2180. The first-order valence-corrected chi connectivity index (χ1v) is 33.6. The van der Waals surface area contributed by atoms with E-state index in [1.807, 2.05) is 0 Å². The molecule has 2 amide bonds. The van der Waals surface area contributed by atoms with Gasteiger partial charge in [-0.15, -0.1) is 0 Å². The molecule has 5 N–H and O–H groups in total. The summed E-state index contributed by atoms with van der Waals surface area (Å²) in [5, 5.41) is 7.42. The molecule has 6 aliphatic carbocycles. The van der Waals surface area contributed by atoms with E-state index in [0.29, 0.717) is 63.4 Å². The summed E-state index contributed by atoms with van der Waals surface area (Å²) in [5.41, 5.74) is 5.43. The molecule has 17 nitrogen and oxygen atoms in total. The highest BCUT2D eigenvalue weighted by Gasteiger charge is 2.47. The molecule has 3 heterocycles. The van der Waals surface area contributed by atoms with Gasteiger partial charge in [-0.3, -0.25) is 24.3 Å². The van der Waals surface area contributed by atoms with Gasteiger partial charge in [-0.1, -0.05) is 57.8 Å². The number of nitrogens with two attached hydrogens (primary N) is 1. The lowest BCUT2D eigenvalue weighted by Gasteiger charge is -2.49. The number of carbonyl (C=O) groups is 2. The van der Waals surface area contributed by atoms with Crippen LogP contribution in [-0.2, 0) is 38.7 Å². The number of rotatable bonds is 16. The summed E-state index contributed by atoms with van der Waals surface area (Å²) >= 11 is 0. The molecule has 3 saturated heterocycles. The maximum absolute atomic E-state index is 12.6. The fourth-order valence-electron chi connectivity index (χ4n) is 12.1. The fourth-order valence-corrected chi connectivity index (χ4v) is 17.3. The van der Waals surface area contributed by atoms with Crippen molar-refractivity contribution in [1.29, 1.82) is 0 Å². The fraction of sp³-hybridized carbons (Fsp3) is 0.959. The Morgan fingerprint density at radius 1 is 0.487 bits per heavy atom. The van der Waals surface area contributed by atoms with Crippen LogP contribution in [0.1, 0.15) is 135 Å². The second kappa shape index (κ2) is 27.4. The van der Waals surface area contributed by atoms with Gasteiger partial charge in [-0.05, 0) is 94.8 Å². The van der Waals surface area contributed by atoms with Crippen LogP contribution in [0.2, 0.25) is 0 Å². The van der Waals surface area contributed by atoms with Crippen molar-refractivity contribution in [3.05, 3.63) is 0 Å². The maximum atomic E-state index is 12.6. The molecule has 0 aromatic heterocycles. The van der Waals surface area contributed by atoms with Crippen LogP contribution in [0.3, 0.4) is 0 Å². The summed E-state index contributed by atoms with van der Waals surface area (Å²) in [6, 6.07) is 0. The number of nitrogens with one attached hydrogen (secondary N) is 3. The highest BCUT2D eigenvalue weighted by atomic mass is 35.7. The normalized spacial score (nSPS) is 25.5. The van der Waals surface area contributed by atoms with Crippen LogP contribution in [0.25, 0.3) is 0 Å². The average molecular weight is 1170 g/mol. The van der Waals surface area contributed by atoms with E-state index >= 15 is 0 Å². The smallest absolute Gasteiger partial charge is 0.346 e. The third-order valence-corrected chi connectivity index (χ3v) is 22.6. The number of halogens is 7. The largest absolute Gasteiger partial charge is 0.471 e. The van der Waals surface area contributed by atoms with Gasteiger partial charge in [-0.25, -0.2) is 25.3 Å². The Hall–Kier alpha value is -1.62. The van der Waals surface area contributed by atoms with Crippen LogP contribution in [0.5, 0.6) is 0 Å². The van der Waals surface area contributed by atoms with Crippen LogP contribution in [-0.4, -0.2) is 205 Å². The number of carbonyl (C=O) groups excluding carboxylic acids is 2. The van der Waals surface area contributed by atoms with Crippen molar-refractivity contribution in [3.63, 3.8) is 0 Å². The minimum atomic E-state index is -4.88. The third kappa shape index (κ3) is 19.5. The van der Waals surface area contributed by atoms with Gasteiger partial charge < -0.3 is 21.7 Å². The topological polar surface area (TPSA) is 215 Å². The molecule has 27 heteroatoms. The Labute approximate surface area is 452 Å². The standard InChI is InChI=1S/C17H28F3N3O3S.C15H29N3O2S.C13H22F3N3O.C4H7ClO2S/c18-17(19,20)15(24)21-13-16(6-2-1-3-7-16)22-8-10-23(11-9-22)27(25,26)12-14-4-5-14;16-13-15(6-2-1-3-7-15)17-8-10-18(11-9-17)21(19,20)12-14-4-5-14;14-13(15,16)11(20)18-10-12(4-2-1-3-5-12)19-8-6-17-7-9-19;5-8(6,7)3-4-1-2-4/h14H,1-13H2,(H,21,24);14H,1-13,16H2;17H,1-10H2,(H,18,20);4H,1-3H2. The minimum Gasteiger partial charge on any atom is -0.346 e. The maximum Gasteiger partial charge on any atom is 0.471 e. The van der Waals surface area contributed by atoms with E-state index in [0.717, 1.165) is 142 Å². The van der Waals surface area contributed by atoms with E-state index in [2.05, 4.69) is 30.7 Å². The molecule has 0 spiro atoms. The Balaban J connectivity index is 0.000000174. The van der Waals surface area contributed by atoms with Crippen molar-refractivity contribution in [3.8, 4) is 0 Å². The number of amides is 2. The third-order valence-electron chi connectivity index (χ3n) is 17.2. The van der Waals surface area contributed by atoms with Crippen LogP contribution < -0.4 is 21.7 Å². The lowest BCUT2D eigenvalue weighted by Crippen LogP contribution is -2.63. The highest BCUT2D eigenvalue weighted by Crippen LogP contribution is 2.38. The second-order valence-electron chi connectivity index (χ2n) is 23.0. The van der Waals surface area contributed by atoms with Gasteiger partial charge in [0.15, 0.2) is 0 Å². The van der Waals surface area contributed by atoms with Crippen molar-refractivity contribution in [2.24, 2.45) is 23.5 Å². The minimum absolute atomic E-state index is 0.0415. The Morgan fingerprint density at radius 2 is 0.789 bits per heavy atom. The van der Waals surface area contributed by atoms with E-state index in [1.165, 1.54) is 36.4 Å². The van der Waals surface area contributed by atoms with Gasteiger partial charge in [0.2, 0.25) is 29.1 Å². The number of hydrogen-bond acceptors (Lipinski definition) is 13. The molecule has 9 rings (SSSR count). The summed E-state index contributed by atoms with van der Waals surface area (Å²) < 4.78 is 148. The summed E-state index contributed by atoms with van der Waals surface area (Å²) in [7, 11) is -4.52. The van der Waals surface area contributed by atoms with E-state index in [9.17, 15) is 61.2 Å². The first-order valence-electron chi connectivity index (χ1n) is 27.9. The van der Waals surface area contributed by atoms with Crippen molar-refractivity contribution < 1.29 is 61.2 Å². The van der Waals surface area contributed by atoms with Crippen LogP contribution >= 0.6 is 10.7 Å². The molecular formula is C49H86ClF6N9O8S3. The Kier molecular flexibility index (Phi) is 22.9. The molecule has 76 heavy (non-hydrogen) atoms. The predicted molar refractivity (Wildman–Crippen MR) is 281 cm³/mol. The molecule has 442 valence electrons. The molecule has 3 aliphatic heterocycles. The molecule has 6 saturated carbocycles. The van der Waals surface area contributed by atoms with Crippen molar-refractivity contribution in [2.45, 2.75) is 164 Å². The molecule has 0 bridgehead atoms. The molecule has 0 aromatic carbocycles. The van der Waals surface area contributed by atoms with Crippen molar-refractivity contribution in [1.82, 2.24) is 39.3 Å². The molecule has 0 radical (unpaired) electrons. The zero-order chi connectivity index (χ0) is 55.5. The van der Waals surface area contributed by atoms with Crippen molar-refractivity contribution in [2.75, 3.05) is 115 Å². The quantitative estimate of drug-likeness (QED) is 0.119. The lowest BCUT2D eigenvalue weighted by atomic mass is 9.79. The van der Waals surface area contributed by atoms with Crippen LogP contribution in [0.15, 0.2) is 0 Å². The first kappa shape index (κ1) is 63.6. The summed E-state index contributed by atoms with van der Waals surface area (Å²) in [6.07, 6.45) is 11.9. The predicted octanol–water partition coefficient (Wildman–Crippen LogP) is 4.97. The summed E-state index contributed by atoms with van der Waals surface area (Å²) in [6.45, 7) is 8.86. The lowest BCUT2D eigenvalue weighted by molar-refractivity contribution is -0.174. The average Bonchev–Trinajstić information content (AvgIpc) is 4.27. The zero-order valence-electron chi connectivity index (χ0n) is 44.3. The van der Waals surface area contributed by atoms with Crippen LogP contribution in [0.4, 0.5) is 26.3 Å².